The van der Waals surface area contributed by atoms with Gasteiger partial charge in [-0.1, -0.05) is 181 Å². The van der Waals surface area contributed by atoms with E-state index in [0.717, 1.165) is 33.4 Å². The summed E-state index contributed by atoms with van der Waals surface area (Å²) in [7, 11) is 0. The number of hydrazone groups is 1. The van der Waals surface area contributed by atoms with Crippen LogP contribution in [-0.4, -0.2) is 16.8 Å². The Balaban J connectivity index is 1.48. The van der Waals surface area contributed by atoms with E-state index in [4.69, 9.17) is 9.84 Å². The minimum Gasteiger partial charge on any atom is -0.442 e. The molecule has 0 fully saturated rings. The normalized spacial score (nSPS) is 13.8. The van der Waals surface area contributed by atoms with E-state index >= 15 is 4.79 Å². The monoisotopic (exact) mass is 612 g/mol. The van der Waals surface area contributed by atoms with Crippen LogP contribution in [0.2, 0.25) is 0 Å². The Labute approximate surface area is 276 Å². The fraction of sp³-hybridized carbons (Fsp3) is 0.116. The molecule has 0 saturated heterocycles. The van der Waals surface area contributed by atoms with E-state index in [1.165, 1.54) is 11.1 Å². The molecule has 0 spiro atoms. The number of carbonyl (C=O) groups is 1. The van der Waals surface area contributed by atoms with Crippen molar-refractivity contribution in [2.24, 2.45) is 5.10 Å². The molecule has 0 N–H and O–H groups in total. The van der Waals surface area contributed by atoms with Crippen molar-refractivity contribution in [2.45, 2.75) is 31.4 Å². The summed E-state index contributed by atoms with van der Waals surface area (Å²) in [5.74, 6) is -0.698. The summed E-state index contributed by atoms with van der Waals surface area (Å²) < 4.78 is 7.26. The summed E-state index contributed by atoms with van der Waals surface area (Å²) in [5, 5.41) is 6.85. The van der Waals surface area contributed by atoms with Gasteiger partial charge in [0.15, 0.2) is 0 Å². The van der Waals surface area contributed by atoms with Gasteiger partial charge in [-0.3, -0.25) is 4.79 Å². The molecule has 6 aromatic rings. The van der Waals surface area contributed by atoms with Crippen LogP contribution >= 0.6 is 0 Å². The Morgan fingerprint density at radius 3 is 1.32 bits per heavy atom. The zero-order chi connectivity index (χ0) is 32.2. The number of carbonyl (C=O) groups excluding carboxylic acids is 1. The summed E-state index contributed by atoms with van der Waals surface area (Å²) in [5.41, 5.74) is 6.43. The van der Waals surface area contributed by atoms with E-state index in [1.807, 2.05) is 121 Å². The van der Waals surface area contributed by atoms with Crippen LogP contribution in [0, 0.1) is 13.8 Å². The van der Waals surface area contributed by atoms with Gasteiger partial charge in [-0.05, 0) is 36.1 Å². The smallest absolute Gasteiger partial charge is 0.259 e. The highest BCUT2D eigenvalue weighted by Gasteiger charge is 2.54. The molecule has 4 heteroatoms. The number of aryl methyl sites for hydroxylation is 2. The topological polar surface area (TPSA) is 41.9 Å². The quantitative estimate of drug-likeness (QED) is 0.172. The second-order valence-corrected chi connectivity index (χ2v) is 12.1. The molecule has 47 heavy (non-hydrogen) atoms. The largest absolute Gasteiger partial charge is 0.442 e. The molecular weight excluding hydrogens is 576 g/mol. The van der Waals surface area contributed by atoms with Crippen LogP contribution in [0.3, 0.4) is 0 Å². The van der Waals surface area contributed by atoms with Gasteiger partial charge in [0.05, 0.1) is 11.8 Å². The number of benzene rings is 6. The summed E-state index contributed by atoms with van der Waals surface area (Å²) >= 11 is 0. The van der Waals surface area contributed by atoms with Crippen molar-refractivity contribution in [1.82, 2.24) is 5.01 Å². The first kappa shape index (κ1) is 29.9. The summed E-state index contributed by atoms with van der Waals surface area (Å²) in [6, 6.07) is 56.7. The molecule has 0 aliphatic carbocycles. The molecule has 0 unspecified atom stereocenters. The molecule has 4 nitrogen and oxygen atoms in total. The van der Waals surface area contributed by atoms with Gasteiger partial charge in [0.25, 0.3) is 11.6 Å². The number of hydrogen-bond donors (Lipinski definition) is 0. The minimum absolute atomic E-state index is 0.184. The molecule has 7 rings (SSSR count). The Morgan fingerprint density at radius 1 is 0.532 bits per heavy atom. The predicted molar refractivity (Wildman–Crippen MR) is 188 cm³/mol. The van der Waals surface area contributed by atoms with Crippen molar-refractivity contribution in [3.8, 4) is 0 Å². The van der Waals surface area contributed by atoms with Crippen LogP contribution in [-0.2, 0) is 15.3 Å². The molecule has 0 atom stereocenters. The molecular formula is C43H36N2O2. The molecule has 0 radical (unpaired) electrons. The second kappa shape index (κ2) is 12.9. The summed E-state index contributed by atoms with van der Waals surface area (Å²) in [6.07, 6.45) is 0. The van der Waals surface area contributed by atoms with Gasteiger partial charge in [-0.25, -0.2) is 0 Å². The third-order valence-corrected chi connectivity index (χ3v) is 8.87. The first-order valence-electron chi connectivity index (χ1n) is 16.0. The van der Waals surface area contributed by atoms with Gasteiger partial charge < -0.3 is 4.74 Å². The van der Waals surface area contributed by atoms with Crippen LogP contribution < -0.4 is 0 Å². The molecule has 1 heterocycles. The Bertz CT molecular complexity index is 1850. The number of rotatable bonds is 8. The fourth-order valence-corrected chi connectivity index (χ4v) is 6.45. The van der Waals surface area contributed by atoms with Crippen molar-refractivity contribution in [3.05, 3.63) is 214 Å². The molecule has 0 saturated carbocycles. The van der Waals surface area contributed by atoms with E-state index in [9.17, 15) is 0 Å². The first-order valence-corrected chi connectivity index (χ1v) is 16.0. The van der Waals surface area contributed by atoms with Crippen molar-refractivity contribution >= 4 is 11.8 Å². The first-order chi connectivity index (χ1) is 23.0. The van der Waals surface area contributed by atoms with Gasteiger partial charge in [0.2, 0.25) is 5.90 Å². The lowest BCUT2D eigenvalue weighted by Crippen LogP contribution is -2.47. The summed E-state index contributed by atoms with van der Waals surface area (Å²) in [6.45, 7) is 4.16. The van der Waals surface area contributed by atoms with Gasteiger partial charge in [0.1, 0.15) is 0 Å². The van der Waals surface area contributed by atoms with E-state index in [-0.39, 0.29) is 11.8 Å². The number of nitrogens with zero attached hydrogens (tertiary/aromatic N) is 2. The molecule has 1 aliphatic heterocycles. The van der Waals surface area contributed by atoms with Gasteiger partial charge in [0, 0.05) is 11.1 Å². The summed E-state index contributed by atoms with van der Waals surface area (Å²) in [4.78, 5) is 15.4. The maximum absolute atomic E-state index is 15.4. The zero-order valence-corrected chi connectivity index (χ0v) is 26.5. The lowest BCUT2D eigenvalue weighted by molar-refractivity contribution is -0.146. The van der Waals surface area contributed by atoms with Crippen LogP contribution in [0.5, 0.6) is 0 Å². The van der Waals surface area contributed by atoms with E-state index in [1.54, 1.807) is 5.01 Å². The molecule has 6 aromatic carbocycles. The third kappa shape index (κ3) is 5.75. The highest BCUT2D eigenvalue weighted by atomic mass is 16.6. The Hall–Kier alpha value is -5.74. The van der Waals surface area contributed by atoms with Crippen molar-refractivity contribution in [3.63, 3.8) is 0 Å². The zero-order valence-electron chi connectivity index (χ0n) is 26.5. The van der Waals surface area contributed by atoms with Gasteiger partial charge >= 0.3 is 0 Å². The highest BCUT2D eigenvalue weighted by molar-refractivity contribution is 5.95. The van der Waals surface area contributed by atoms with E-state index < -0.39 is 11.6 Å². The van der Waals surface area contributed by atoms with Crippen LogP contribution in [0.25, 0.3) is 0 Å². The molecule has 230 valence electrons. The average Bonchev–Trinajstić information content (AvgIpc) is 3.53. The van der Waals surface area contributed by atoms with Crippen molar-refractivity contribution in [2.75, 3.05) is 0 Å². The van der Waals surface area contributed by atoms with E-state index in [0.29, 0.717) is 5.90 Å². The van der Waals surface area contributed by atoms with Crippen LogP contribution in [0.15, 0.2) is 175 Å². The third-order valence-electron chi connectivity index (χ3n) is 8.87. The van der Waals surface area contributed by atoms with Crippen molar-refractivity contribution in [1.29, 1.82) is 0 Å². The van der Waals surface area contributed by atoms with Crippen LogP contribution in [0.4, 0.5) is 0 Å². The Kier molecular flexibility index (Phi) is 8.24. The molecule has 0 aromatic heterocycles. The maximum Gasteiger partial charge on any atom is 0.259 e. The lowest BCUT2D eigenvalue weighted by Gasteiger charge is -2.37. The molecule has 1 aliphatic rings. The highest BCUT2D eigenvalue weighted by Crippen LogP contribution is 2.47. The molecule has 0 bridgehead atoms. The minimum atomic E-state index is -1.36. The molecule has 1 amide bonds. The predicted octanol–water partition coefficient (Wildman–Crippen LogP) is 9.34. The lowest BCUT2D eigenvalue weighted by atomic mass is 9.87. The van der Waals surface area contributed by atoms with Gasteiger partial charge in [-0.2, -0.15) is 5.01 Å². The number of amides is 1. The maximum atomic E-state index is 15.4. The Morgan fingerprint density at radius 2 is 0.915 bits per heavy atom. The fourth-order valence-electron chi connectivity index (χ4n) is 6.45. The average molecular weight is 613 g/mol. The SMILES string of the molecule is Cc1ccc(C(C2=NN(C(=O)C(c3ccccc3)c3ccccc3)C(c3ccccc3)(c3ccccc3)O2)c2ccc(C)cc2)cc1. The van der Waals surface area contributed by atoms with Crippen LogP contribution in [0.1, 0.15) is 56.3 Å². The van der Waals surface area contributed by atoms with Gasteiger partial charge in [-0.15, -0.1) is 5.10 Å². The van der Waals surface area contributed by atoms with Crippen molar-refractivity contribution < 1.29 is 9.53 Å². The number of ether oxygens (including phenoxy) is 1. The number of hydrogen-bond acceptors (Lipinski definition) is 3. The standard InChI is InChI=1S/C43H36N2O2/c1-31-23-27-35(28-24-31)39(36-29-25-32(2)26-30-36)41-44-45(42(46)40(33-15-7-3-8-16-33)34-17-9-4-10-18-34)43(47-41,37-19-11-5-12-20-37)38-21-13-6-14-22-38/h3-30,39-40H,1-2H3. The van der Waals surface area contributed by atoms with E-state index in [2.05, 4.69) is 62.4 Å². The second-order valence-electron chi connectivity index (χ2n) is 12.1.